The number of amides is 1. The number of rotatable bonds is 4. The summed E-state index contributed by atoms with van der Waals surface area (Å²) in [7, 11) is 0. The minimum atomic E-state index is -0.193. The van der Waals surface area contributed by atoms with Gasteiger partial charge in [0, 0.05) is 12.6 Å². The second kappa shape index (κ2) is 6.62. The molecular weight excluding hydrogens is 276 g/mol. The molecule has 1 amide bonds. The third kappa shape index (κ3) is 3.28. The largest absolute Gasteiger partial charge is 0.492 e. The number of ether oxygens (including phenoxy) is 1. The average Bonchev–Trinajstić information content (AvgIpc) is 2.59. The summed E-state index contributed by atoms with van der Waals surface area (Å²) >= 11 is 0. The summed E-state index contributed by atoms with van der Waals surface area (Å²) in [6.45, 7) is 0.852. The van der Waals surface area contributed by atoms with Crippen LogP contribution in [0.4, 0.5) is 0 Å². The zero-order valence-corrected chi connectivity index (χ0v) is 12.4. The van der Waals surface area contributed by atoms with E-state index in [1.165, 1.54) is 0 Å². The van der Waals surface area contributed by atoms with Crippen molar-refractivity contribution >= 4 is 5.91 Å². The molecule has 0 saturated heterocycles. The highest BCUT2D eigenvalue weighted by Crippen LogP contribution is 2.26. The first-order valence-electron chi connectivity index (χ1n) is 7.53. The van der Waals surface area contributed by atoms with E-state index in [4.69, 9.17) is 10.5 Å². The van der Waals surface area contributed by atoms with Crippen molar-refractivity contribution in [3.8, 4) is 5.75 Å². The van der Waals surface area contributed by atoms with E-state index in [1.807, 2.05) is 54.6 Å². The zero-order chi connectivity index (χ0) is 15.4. The van der Waals surface area contributed by atoms with E-state index in [2.05, 4.69) is 5.32 Å². The van der Waals surface area contributed by atoms with E-state index < -0.39 is 0 Å². The average molecular weight is 296 g/mol. The monoisotopic (exact) mass is 296 g/mol. The molecule has 0 aliphatic carbocycles. The summed E-state index contributed by atoms with van der Waals surface area (Å²) in [5.41, 5.74) is 8.21. The maximum atomic E-state index is 12.3. The Balaban J connectivity index is 1.55. The molecule has 4 heteroatoms. The molecule has 2 aromatic rings. The van der Waals surface area contributed by atoms with Crippen molar-refractivity contribution in [2.24, 2.45) is 11.7 Å². The number of nitrogens with one attached hydrogen (secondary N) is 1. The second-order valence-electron chi connectivity index (χ2n) is 5.58. The van der Waals surface area contributed by atoms with Gasteiger partial charge >= 0.3 is 0 Å². The van der Waals surface area contributed by atoms with E-state index in [1.54, 1.807) is 0 Å². The third-order valence-corrected chi connectivity index (χ3v) is 3.97. The topological polar surface area (TPSA) is 64.3 Å². The van der Waals surface area contributed by atoms with Crippen LogP contribution in [0.2, 0.25) is 0 Å². The first kappa shape index (κ1) is 14.6. The number of carbonyl (C=O) groups excluding carboxylic acids is 1. The lowest BCUT2D eigenvalue weighted by Crippen LogP contribution is -2.40. The van der Waals surface area contributed by atoms with Crippen LogP contribution in [0.5, 0.6) is 5.75 Å². The fourth-order valence-electron chi connectivity index (χ4n) is 2.67. The number of hydrogen-bond donors (Lipinski definition) is 2. The van der Waals surface area contributed by atoms with Gasteiger partial charge < -0.3 is 15.8 Å². The molecular formula is C18H20N2O2. The molecule has 0 radical (unpaired) electrons. The predicted octanol–water partition coefficient (Wildman–Crippen LogP) is 2.05. The lowest BCUT2D eigenvalue weighted by atomic mass is 9.96. The number of fused-ring (bicyclic) bond motifs is 1. The second-order valence-corrected chi connectivity index (χ2v) is 5.58. The maximum absolute atomic E-state index is 12.3. The maximum Gasteiger partial charge on any atom is 0.226 e. The fraction of sp³-hybridized carbons (Fsp3) is 0.278. The Labute approximate surface area is 130 Å². The summed E-state index contributed by atoms with van der Waals surface area (Å²) in [5.74, 6) is 0.728. The summed E-state index contributed by atoms with van der Waals surface area (Å²) in [6, 6.07) is 17.4. The van der Waals surface area contributed by atoms with Gasteiger partial charge in [-0.15, -0.1) is 0 Å². The fourth-order valence-corrected chi connectivity index (χ4v) is 2.67. The Kier molecular flexibility index (Phi) is 4.39. The van der Waals surface area contributed by atoms with Gasteiger partial charge in [-0.25, -0.2) is 0 Å². The number of benzene rings is 2. The zero-order valence-electron chi connectivity index (χ0n) is 12.4. The number of para-hydroxylation sites is 1. The van der Waals surface area contributed by atoms with E-state index in [0.717, 1.165) is 16.9 Å². The Hall–Kier alpha value is -2.33. The van der Waals surface area contributed by atoms with Crippen molar-refractivity contribution < 1.29 is 9.53 Å². The van der Waals surface area contributed by atoms with E-state index in [0.29, 0.717) is 19.6 Å². The van der Waals surface area contributed by atoms with Crippen LogP contribution in [0.1, 0.15) is 17.2 Å². The molecule has 1 heterocycles. The van der Waals surface area contributed by atoms with Gasteiger partial charge in [0.05, 0.1) is 5.92 Å². The normalized spacial score (nSPS) is 18.0. The molecule has 114 valence electrons. The smallest absolute Gasteiger partial charge is 0.226 e. The lowest BCUT2D eigenvalue weighted by molar-refractivity contribution is -0.126. The van der Waals surface area contributed by atoms with Crippen LogP contribution < -0.4 is 15.8 Å². The molecule has 2 unspecified atom stereocenters. The van der Waals surface area contributed by atoms with Gasteiger partial charge in [-0.2, -0.15) is 0 Å². The number of hydrogen-bond acceptors (Lipinski definition) is 3. The van der Waals surface area contributed by atoms with Crippen LogP contribution >= 0.6 is 0 Å². The van der Waals surface area contributed by atoms with Crippen molar-refractivity contribution in [1.29, 1.82) is 0 Å². The molecule has 3 N–H and O–H groups in total. The van der Waals surface area contributed by atoms with Gasteiger partial charge in [-0.1, -0.05) is 48.5 Å². The Morgan fingerprint density at radius 3 is 2.73 bits per heavy atom. The lowest BCUT2D eigenvalue weighted by Gasteiger charge is -2.25. The highest BCUT2D eigenvalue weighted by molar-refractivity contribution is 5.79. The van der Waals surface area contributed by atoms with Crippen LogP contribution in [-0.4, -0.2) is 19.1 Å². The molecule has 1 aliphatic heterocycles. The molecule has 0 aromatic heterocycles. The Morgan fingerprint density at radius 2 is 1.91 bits per heavy atom. The molecule has 0 fully saturated rings. The van der Waals surface area contributed by atoms with Gasteiger partial charge in [0.1, 0.15) is 12.4 Å². The van der Waals surface area contributed by atoms with Gasteiger partial charge in [-0.3, -0.25) is 4.79 Å². The molecule has 1 aliphatic rings. The molecule has 22 heavy (non-hydrogen) atoms. The van der Waals surface area contributed by atoms with Crippen molar-refractivity contribution in [2.75, 3.05) is 13.2 Å². The van der Waals surface area contributed by atoms with Crippen LogP contribution in [0.15, 0.2) is 54.6 Å². The minimum absolute atomic E-state index is 0.000819. The van der Waals surface area contributed by atoms with Crippen LogP contribution in [-0.2, 0) is 11.2 Å². The van der Waals surface area contributed by atoms with Crippen molar-refractivity contribution in [3.05, 3.63) is 65.7 Å². The summed E-state index contributed by atoms with van der Waals surface area (Å²) in [5, 5.41) is 2.94. The summed E-state index contributed by atoms with van der Waals surface area (Å²) in [4.78, 5) is 12.3. The molecule has 3 rings (SSSR count). The standard InChI is InChI=1S/C18H20N2O2/c19-16(13-6-2-1-3-7-13)11-20-18(21)15-10-14-8-4-5-9-17(14)22-12-15/h1-9,15-16H,10-12,19H2,(H,20,21). The molecule has 2 atom stereocenters. The molecule has 2 aromatic carbocycles. The third-order valence-electron chi connectivity index (χ3n) is 3.97. The van der Waals surface area contributed by atoms with E-state index in [9.17, 15) is 4.79 Å². The highest BCUT2D eigenvalue weighted by atomic mass is 16.5. The summed E-state index contributed by atoms with van der Waals surface area (Å²) in [6.07, 6.45) is 0.711. The molecule has 0 spiro atoms. The van der Waals surface area contributed by atoms with Gasteiger partial charge in [0.2, 0.25) is 5.91 Å². The Bertz CT molecular complexity index is 643. The highest BCUT2D eigenvalue weighted by Gasteiger charge is 2.25. The van der Waals surface area contributed by atoms with Gasteiger partial charge in [0.15, 0.2) is 0 Å². The predicted molar refractivity (Wildman–Crippen MR) is 85.5 cm³/mol. The summed E-state index contributed by atoms with van der Waals surface area (Å²) < 4.78 is 5.66. The van der Waals surface area contributed by atoms with E-state index >= 15 is 0 Å². The quantitative estimate of drug-likeness (QED) is 0.907. The first-order valence-corrected chi connectivity index (χ1v) is 7.53. The molecule has 4 nitrogen and oxygen atoms in total. The van der Waals surface area contributed by atoms with Crippen LogP contribution in [0.25, 0.3) is 0 Å². The van der Waals surface area contributed by atoms with Crippen LogP contribution in [0, 0.1) is 5.92 Å². The van der Waals surface area contributed by atoms with Crippen LogP contribution in [0.3, 0.4) is 0 Å². The van der Waals surface area contributed by atoms with Crippen molar-refractivity contribution in [3.63, 3.8) is 0 Å². The molecule has 0 bridgehead atoms. The SMILES string of the molecule is NC(CNC(=O)C1COc2ccccc2C1)c1ccccc1. The van der Waals surface area contributed by atoms with E-state index in [-0.39, 0.29) is 17.9 Å². The number of carbonyl (C=O) groups is 1. The van der Waals surface area contributed by atoms with Gasteiger partial charge in [0.25, 0.3) is 0 Å². The minimum Gasteiger partial charge on any atom is -0.492 e. The molecule has 0 saturated carbocycles. The van der Waals surface area contributed by atoms with Crippen molar-refractivity contribution in [1.82, 2.24) is 5.32 Å². The van der Waals surface area contributed by atoms with Gasteiger partial charge in [-0.05, 0) is 23.6 Å². The Morgan fingerprint density at radius 1 is 1.18 bits per heavy atom. The first-order chi connectivity index (χ1) is 10.7. The van der Waals surface area contributed by atoms with Crippen molar-refractivity contribution in [2.45, 2.75) is 12.5 Å². The number of nitrogens with two attached hydrogens (primary N) is 1.